The van der Waals surface area contributed by atoms with Crippen molar-refractivity contribution in [1.29, 1.82) is 0 Å². The summed E-state index contributed by atoms with van der Waals surface area (Å²) in [6.45, 7) is 4.82. The highest BCUT2D eigenvalue weighted by molar-refractivity contribution is 8.00. The molecule has 0 aliphatic carbocycles. The molecule has 1 unspecified atom stereocenters. The van der Waals surface area contributed by atoms with Crippen LogP contribution in [0.1, 0.15) is 30.5 Å². The van der Waals surface area contributed by atoms with E-state index < -0.39 is 16.8 Å². The van der Waals surface area contributed by atoms with Gasteiger partial charge in [0.05, 0.1) is 0 Å². The monoisotopic (exact) mass is 536 g/mol. The quantitative estimate of drug-likeness (QED) is 0.235. The van der Waals surface area contributed by atoms with E-state index in [0.29, 0.717) is 25.3 Å². The fourth-order valence-electron chi connectivity index (χ4n) is 3.84. The molecule has 0 bridgehead atoms. The number of carbonyl (C=O) groups excluding carboxylic acids is 1. The molecule has 7 heteroatoms. The third-order valence-corrected chi connectivity index (χ3v) is 8.55. The molecule has 1 atom stereocenters. The van der Waals surface area contributed by atoms with Crippen LogP contribution in [0.2, 0.25) is 0 Å². The summed E-state index contributed by atoms with van der Waals surface area (Å²) in [4.78, 5) is 27.4. The normalized spacial score (nSPS) is 12.1. The lowest BCUT2D eigenvalue weighted by molar-refractivity contribution is -0.139. The van der Waals surface area contributed by atoms with E-state index in [9.17, 15) is 14.7 Å². The first-order chi connectivity index (χ1) is 17.8. The van der Waals surface area contributed by atoms with Gasteiger partial charge in [-0.2, -0.15) is 11.8 Å². The van der Waals surface area contributed by atoms with Crippen molar-refractivity contribution < 1.29 is 14.7 Å². The molecule has 3 rings (SSSR count). The van der Waals surface area contributed by atoms with E-state index in [1.165, 1.54) is 17.3 Å². The van der Waals surface area contributed by atoms with E-state index in [4.69, 9.17) is 0 Å². The molecule has 3 aromatic carbocycles. The van der Waals surface area contributed by atoms with Crippen LogP contribution in [-0.2, 0) is 22.7 Å². The van der Waals surface area contributed by atoms with Crippen LogP contribution >= 0.6 is 23.5 Å². The number of amides is 2. The first-order valence-corrected chi connectivity index (χ1v) is 14.6. The second-order valence-corrected chi connectivity index (χ2v) is 12.1. The summed E-state index contributed by atoms with van der Waals surface area (Å²) < 4.78 is -0.704. The van der Waals surface area contributed by atoms with E-state index in [1.54, 1.807) is 16.7 Å². The molecule has 196 valence electrons. The van der Waals surface area contributed by atoms with Gasteiger partial charge >= 0.3 is 12.0 Å². The van der Waals surface area contributed by atoms with E-state index in [1.807, 2.05) is 92.7 Å². The molecule has 0 aliphatic heterocycles. The molecule has 0 radical (unpaired) electrons. The number of hydrogen-bond acceptors (Lipinski definition) is 4. The number of benzene rings is 3. The molecule has 0 fully saturated rings. The van der Waals surface area contributed by atoms with Crippen LogP contribution in [0.3, 0.4) is 0 Å². The smallest absolute Gasteiger partial charge is 0.327 e. The molecule has 0 saturated heterocycles. The zero-order chi connectivity index (χ0) is 26.5. The van der Waals surface area contributed by atoms with Crippen LogP contribution in [0, 0.1) is 0 Å². The van der Waals surface area contributed by atoms with Gasteiger partial charge in [0.25, 0.3) is 0 Å². The number of aliphatic carboxylic acids is 1. The number of rotatable bonds is 14. The number of carboxylic acids is 1. The van der Waals surface area contributed by atoms with Gasteiger partial charge in [-0.05, 0) is 37.0 Å². The average molecular weight is 537 g/mol. The number of hydrogen-bond donors (Lipinski definition) is 2. The summed E-state index contributed by atoms with van der Waals surface area (Å²) in [6, 6.07) is 28.9. The van der Waals surface area contributed by atoms with Gasteiger partial charge in [0.15, 0.2) is 0 Å². The average Bonchev–Trinajstić information content (AvgIpc) is 2.91. The molecule has 0 heterocycles. The minimum Gasteiger partial charge on any atom is -0.480 e. The van der Waals surface area contributed by atoms with Crippen LogP contribution in [0.4, 0.5) is 4.79 Å². The lowest BCUT2D eigenvalue weighted by Gasteiger charge is -2.33. The zero-order valence-electron chi connectivity index (χ0n) is 21.5. The lowest BCUT2D eigenvalue weighted by atomic mass is 10.0. The summed E-state index contributed by atoms with van der Waals surface area (Å²) in [7, 11) is 0. The van der Waals surface area contributed by atoms with Crippen LogP contribution in [0.15, 0.2) is 91.0 Å². The third-order valence-electron chi connectivity index (χ3n) is 6.08. The number of carbonyl (C=O) groups is 2. The van der Waals surface area contributed by atoms with Crippen molar-refractivity contribution in [3.05, 3.63) is 108 Å². The van der Waals surface area contributed by atoms with Crippen LogP contribution in [0.5, 0.6) is 0 Å². The van der Waals surface area contributed by atoms with Gasteiger partial charge in [-0.25, -0.2) is 9.59 Å². The minimum absolute atomic E-state index is 0.336. The molecule has 2 N–H and O–H groups in total. The largest absolute Gasteiger partial charge is 0.480 e. The third kappa shape index (κ3) is 9.82. The summed E-state index contributed by atoms with van der Waals surface area (Å²) in [5, 5.41) is 12.9. The standard InChI is InChI=1S/C30H36N2O3S2/c1-30(2,37-23-26-16-10-5-11-17-26)27(28(33)34)31-29(35)32(19-18-24-12-6-3-7-13-24)20-21-36-22-25-14-8-4-9-15-25/h3-17,27H,18-23H2,1-2H3,(H,31,35)(H,33,34). The van der Waals surface area contributed by atoms with Crippen molar-refractivity contribution in [2.45, 2.75) is 42.6 Å². The molecule has 37 heavy (non-hydrogen) atoms. The van der Waals surface area contributed by atoms with Gasteiger partial charge in [-0.1, -0.05) is 91.0 Å². The summed E-state index contributed by atoms with van der Waals surface area (Å²) in [5.41, 5.74) is 3.51. The Kier molecular flexibility index (Phi) is 11.4. The van der Waals surface area contributed by atoms with E-state index in [2.05, 4.69) is 17.4 Å². The van der Waals surface area contributed by atoms with Crippen LogP contribution < -0.4 is 5.32 Å². The fraction of sp³-hybridized carbons (Fsp3) is 0.333. The molecule has 5 nitrogen and oxygen atoms in total. The van der Waals surface area contributed by atoms with Gasteiger partial charge in [0.2, 0.25) is 0 Å². The van der Waals surface area contributed by atoms with Gasteiger partial charge in [-0.3, -0.25) is 0 Å². The van der Waals surface area contributed by atoms with Crippen LogP contribution in [0.25, 0.3) is 0 Å². The van der Waals surface area contributed by atoms with E-state index in [0.717, 1.165) is 22.6 Å². The lowest BCUT2D eigenvalue weighted by Crippen LogP contribution is -2.56. The Morgan fingerprint density at radius 1 is 0.811 bits per heavy atom. The Morgan fingerprint density at radius 3 is 1.86 bits per heavy atom. The van der Waals surface area contributed by atoms with Gasteiger partial charge in [0.1, 0.15) is 6.04 Å². The van der Waals surface area contributed by atoms with Crippen molar-refractivity contribution >= 4 is 35.5 Å². The number of carboxylic acid groups (broad SMARTS) is 1. The molecule has 0 spiro atoms. The highest BCUT2D eigenvalue weighted by atomic mass is 32.2. The number of nitrogens with one attached hydrogen (secondary N) is 1. The maximum atomic E-state index is 13.4. The second-order valence-electron chi connectivity index (χ2n) is 9.36. The topological polar surface area (TPSA) is 69.6 Å². The Labute approximate surface area is 229 Å². The second kappa shape index (κ2) is 14.7. The van der Waals surface area contributed by atoms with Crippen molar-refractivity contribution in [1.82, 2.24) is 10.2 Å². The van der Waals surface area contributed by atoms with Crippen LogP contribution in [-0.4, -0.2) is 51.6 Å². The summed E-state index contributed by atoms with van der Waals surface area (Å²) in [6.07, 6.45) is 0.710. The predicted molar refractivity (Wildman–Crippen MR) is 156 cm³/mol. The molecule has 0 aromatic heterocycles. The minimum atomic E-state index is -1.03. The highest BCUT2D eigenvalue weighted by Crippen LogP contribution is 2.31. The zero-order valence-corrected chi connectivity index (χ0v) is 23.1. The van der Waals surface area contributed by atoms with Gasteiger partial charge in [-0.15, -0.1) is 11.8 Å². The molecular formula is C30H36N2O3S2. The van der Waals surface area contributed by atoms with Crippen molar-refractivity contribution in [2.75, 3.05) is 18.8 Å². The van der Waals surface area contributed by atoms with Crippen molar-refractivity contribution in [2.24, 2.45) is 0 Å². The first-order valence-electron chi connectivity index (χ1n) is 12.5. The Bertz CT molecular complexity index is 1100. The number of urea groups is 1. The molecule has 2 amide bonds. The van der Waals surface area contributed by atoms with E-state index >= 15 is 0 Å². The van der Waals surface area contributed by atoms with Gasteiger partial charge < -0.3 is 15.3 Å². The maximum absolute atomic E-state index is 13.4. The Balaban J connectivity index is 1.63. The van der Waals surface area contributed by atoms with Gasteiger partial charge in [0, 0.05) is 35.1 Å². The Hall–Kier alpha value is -2.90. The number of nitrogens with zero attached hydrogens (tertiary/aromatic N) is 1. The number of thioether (sulfide) groups is 2. The highest BCUT2D eigenvalue weighted by Gasteiger charge is 2.38. The molecule has 3 aromatic rings. The van der Waals surface area contributed by atoms with Crippen molar-refractivity contribution in [3.63, 3.8) is 0 Å². The Morgan fingerprint density at radius 2 is 1.32 bits per heavy atom. The molecule has 0 saturated carbocycles. The fourth-order valence-corrected chi connectivity index (χ4v) is 5.82. The van der Waals surface area contributed by atoms with E-state index in [-0.39, 0.29) is 6.03 Å². The summed E-state index contributed by atoms with van der Waals surface area (Å²) >= 11 is 3.30. The maximum Gasteiger partial charge on any atom is 0.327 e. The first kappa shape index (κ1) is 28.7. The SMILES string of the molecule is CC(C)(SCc1ccccc1)C(NC(=O)N(CCSCc1ccccc1)CCc1ccccc1)C(=O)O. The summed E-state index contributed by atoms with van der Waals surface area (Å²) in [5.74, 6) is 1.28. The molecule has 0 aliphatic rings. The predicted octanol–water partition coefficient (Wildman–Crippen LogP) is 6.34. The van der Waals surface area contributed by atoms with Crippen molar-refractivity contribution in [3.8, 4) is 0 Å². The molecular weight excluding hydrogens is 500 g/mol.